The number of nitrogens with zero attached hydrogens (tertiary/aromatic N) is 2. The van der Waals surface area contributed by atoms with Crippen molar-refractivity contribution in [1.29, 1.82) is 0 Å². The Labute approximate surface area is 114 Å². The number of hydrogen-bond donors (Lipinski definition) is 1. The number of aromatic nitrogens is 2. The summed E-state index contributed by atoms with van der Waals surface area (Å²) in [5.41, 5.74) is 0.146. The number of nitrogens with one attached hydrogen (secondary N) is 1. The SMILES string of the molecule is CC(C)(C)c1nsc(NCc2cc(F)ccc2F)n1. The Kier molecular flexibility index (Phi) is 3.80. The number of rotatable bonds is 3. The molecule has 0 unspecified atom stereocenters. The van der Waals surface area contributed by atoms with E-state index in [0.717, 1.165) is 18.0 Å². The molecule has 3 nitrogen and oxygen atoms in total. The molecule has 19 heavy (non-hydrogen) atoms. The summed E-state index contributed by atoms with van der Waals surface area (Å²) in [5, 5.41) is 3.56. The maximum absolute atomic E-state index is 13.4. The van der Waals surface area contributed by atoms with Crippen LogP contribution in [-0.4, -0.2) is 9.36 Å². The van der Waals surface area contributed by atoms with Crippen LogP contribution in [0.2, 0.25) is 0 Å². The first-order valence-corrected chi connectivity index (χ1v) is 6.65. The topological polar surface area (TPSA) is 37.8 Å². The Bertz CT molecular complexity index is 576. The fraction of sp³-hybridized carbons (Fsp3) is 0.385. The van der Waals surface area contributed by atoms with E-state index in [9.17, 15) is 8.78 Å². The molecule has 0 atom stereocenters. The van der Waals surface area contributed by atoms with Crippen LogP contribution in [0.3, 0.4) is 0 Å². The van der Waals surface area contributed by atoms with Gasteiger partial charge in [-0.2, -0.15) is 4.37 Å². The van der Waals surface area contributed by atoms with Crippen LogP contribution in [0, 0.1) is 11.6 Å². The van der Waals surface area contributed by atoms with Gasteiger partial charge in [0.2, 0.25) is 5.13 Å². The standard InChI is InChI=1S/C13H15F2N3S/c1-13(2,3)11-17-12(19-18-11)16-7-8-6-9(14)4-5-10(8)15/h4-6H,7H2,1-3H3,(H,16,17,18). The molecule has 0 radical (unpaired) electrons. The van der Waals surface area contributed by atoms with Crippen molar-refractivity contribution in [2.75, 3.05) is 5.32 Å². The number of halogens is 2. The largest absolute Gasteiger partial charge is 0.356 e. The van der Waals surface area contributed by atoms with Gasteiger partial charge in [-0.25, -0.2) is 13.8 Å². The van der Waals surface area contributed by atoms with Crippen molar-refractivity contribution < 1.29 is 8.78 Å². The van der Waals surface area contributed by atoms with Crippen molar-refractivity contribution in [1.82, 2.24) is 9.36 Å². The van der Waals surface area contributed by atoms with E-state index in [4.69, 9.17) is 0 Å². The van der Waals surface area contributed by atoms with Crippen LogP contribution in [0.25, 0.3) is 0 Å². The minimum Gasteiger partial charge on any atom is -0.356 e. The lowest BCUT2D eigenvalue weighted by atomic mass is 9.96. The second-order valence-electron chi connectivity index (χ2n) is 5.26. The quantitative estimate of drug-likeness (QED) is 0.932. The molecule has 1 N–H and O–H groups in total. The molecule has 0 saturated carbocycles. The minimum atomic E-state index is -0.453. The highest BCUT2D eigenvalue weighted by Crippen LogP contribution is 2.23. The zero-order valence-corrected chi connectivity index (χ0v) is 11.8. The zero-order valence-electron chi connectivity index (χ0n) is 11.0. The first-order valence-electron chi connectivity index (χ1n) is 5.88. The smallest absolute Gasteiger partial charge is 0.202 e. The van der Waals surface area contributed by atoms with Crippen LogP contribution in [0.4, 0.5) is 13.9 Å². The van der Waals surface area contributed by atoms with Crippen LogP contribution in [-0.2, 0) is 12.0 Å². The summed E-state index contributed by atoms with van der Waals surface area (Å²) in [4.78, 5) is 4.33. The Balaban J connectivity index is 2.06. The average Bonchev–Trinajstić information content (AvgIpc) is 2.79. The van der Waals surface area contributed by atoms with Gasteiger partial charge in [0.25, 0.3) is 0 Å². The molecule has 1 heterocycles. The summed E-state index contributed by atoms with van der Waals surface area (Å²) in [6.45, 7) is 6.24. The zero-order chi connectivity index (χ0) is 14.0. The molecule has 0 fully saturated rings. The van der Waals surface area contributed by atoms with E-state index in [1.54, 1.807) is 0 Å². The molecular weight excluding hydrogens is 268 g/mol. The van der Waals surface area contributed by atoms with Crippen molar-refractivity contribution in [2.45, 2.75) is 32.7 Å². The van der Waals surface area contributed by atoms with E-state index in [1.807, 2.05) is 20.8 Å². The lowest BCUT2D eigenvalue weighted by Crippen LogP contribution is -2.13. The average molecular weight is 283 g/mol. The summed E-state index contributed by atoms with van der Waals surface area (Å²) < 4.78 is 30.7. The third-order valence-corrected chi connectivity index (χ3v) is 3.21. The van der Waals surface area contributed by atoms with Crippen LogP contribution in [0.15, 0.2) is 18.2 Å². The molecule has 2 rings (SSSR count). The van der Waals surface area contributed by atoms with Gasteiger partial charge in [0.15, 0.2) is 0 Å². The van der Waals surface area contributed by atoms with Gasteiger partial charge >= 0.3 is 0 Å². The highest BCUT2D eigenvalue weighted by atomic mass is 32.1. The third kappa shape index (κ3) is 3.47. The van der Waals surface area contributed by atoms with E-state index in [1.165, 1.54) is 17.6 Å². The van der Waals surface area contributed by atoms with Gasteiger partial charge in [-0.1, -0.05) is 20.8 Å². The fourth-order valence-electron chi connectivity index (χ4n) is 1.45. The Morgan fingerprint density at radius 3 is 2.63 bits per heavy atom. The van der Waals surface area contributed by atoms with Gasteiger partial charge in [0.1, 0.15) is 17.5 Å². The molecule has 0 aliphatic heterocycles. The molecule has 0 aliphatic rings. The van der Waals surface area contributed by atoms with Crippen molar-refractivity contribution in [3.63, 3.8) is 0 Å². The lowest BCUT2D eigenvalue weighted by Gasteiger charge is -2.12. The first kappa shape index (κ1) is 13.9. The maximum Gasteiger partial charge on any atom is 0.202 e. The van der Waals surface area contributed by atoms with E-state index in [0.29, 0.717) is 5.13 Å². The Morgan fingerprint density at radius 1 is 1.26 bits per heavy atom. The van der Waals surface area contributed by atoms with E-state index in [-0.39, 0.29) is 17.5 Å². The molecule has 6 heteroatoms. The molecule has 0 saturated heterocycles. The van der Waals surface area contributed by atoms with Gasteiger partial charge in [0, 0.05) is 29.1 Å². The van der Waals surface area contributed by atoms with Crippen LogP contribution >= 0.6 is 11.5 Å². The van der Waals surface area contributed by atoms with E-state index < -0.39 is 11.6 Å². The lowest BCUT2D eigenvalue weighted by molar-refractivity contribution is 0.555. The van der Waals surface area contributed by atoms with Crippen LogP contribution < -0.4 is 5.32 Å². The van der Waals surface area contributed by atoms with Gasteiger partial charge in [-0.05, 0) is 18.2 Å². The van der Waals surface area contributed by atoms with Gasteiger partial charge < -0.3 is 5.32 Å². The van der Waals surface area contributed by atoms with Gasteiger partial charge in [0.05, 0.1) is 0 Å². The number of benzene rings is 1. The van der Waals surface area contributed by atoms with Crippen LogP contribution in [0.1, 0.15) is 32.2 Å². The second-order valence-corrected chi connectivity index (χ2v) is 6.01. The van der Waals surface area contributed by atoms with E-state index >= 15 is 0 Å². The fourth-order valence-corrected chi connectivity index (χ4v) is 2.20. The molecular formula is C13H15F2N3S. The summed E-state index contributed by atoms with van der Waals surface area (Å²) >= 11 is 1.22. The highest BCUT2D eigenvalue weighted by Gasteiger charge is 2.19. The molecule has 0 bridgehead atoms. The highest BCUT2D eigenvalue weighted by molar-refractivity contribution is 7.09. The Morgan fingerprint density at radius 2 is 2.00 bits per heavy atom. The van der Waals surface area contributed by atoms with Gasteiger partial charge in [-0.15, -0.1) is 0 Å². The van der Waals surface area contributed by atoms with Crippen molar-refractivity contribution in [2.24, 2.45) is 0 Å². The summed E-state index contributed by atoms with van der Waals surface area (Å²) in [6.07, 6.45) is 0. The monoisotopic (exact) mass is 283 g/mol. The molecule has 1 aromatic heterocycles. The summed E-state index contributed by atoms with van der Waals surface area (Å²) in [7, 11) is 0. The predicted octanol–water partition coefficient (Wildman–Crippen LogP) is 3.73. The normalized spacial score (nSPS) is 11.6. The van der Waals surface area contributed by atoms with E-state index in [2.05, 4.69) is 14.7 Å². The predicted molar refractivity (Wildman–Crippen MR) is 72.3 cm³/mol. The third-order valence-electron chi connectivity index (χ3n) is 2.53. The maximum atomic E-state index is 13.4. The molecule has 0 aliphatic carbocycles. The van der Waals surface area contributed by atoms with Crippen LogP contribution in [0.5, 0.6) is 0 Å². The van der Waals surface area contributed by atoms with Crippen molar-refractivity contribution in [3.05, 3.63) is 41.2 Å². The molecule has 2 aromatic rings. The molecule has 0 spiro atoms. The molecule has 1 aromatic carbocycles. The van der Waals surface area contributed by atoms with Crippen molar-refractivity contribution >= 4 is 16.7 Å². The van der Waals surface area contributed by atoms with Crippen molar-refractivity contribution in [3.8, 4) is 0 Å². The number of anilines is 1. The first-order chi connectivity index (χ1) is 8.86. The van der Waals surface area contributed by atoms with Gasteiger partial charge in [-0.3, -0.25) is 0 Å². The second kappa shape index (κ2) is 5.21. The minimum absolute atomic E-state index is 0.124. The summed E-state index contributed by atoms with van der Waals surface area (Å²) in [5.74, 6) is -0.153. The molecule has 102 valence electrons. The Hall–Kier alpha value is -1.56. The number of hydrogen-bond acceptors (Lipinski definition) is 4. The molecule has 0 amide bonds. The summed E-state index contributed by atoms with van der Waals surface area (Å²) in [6, 6.07) is 3.39.